The second kappa shape index (κ2) is 3.02. The smallest absolute Gasteiger partial charge is 0.376 e. The summed E-state index contributed by atoms with van der Waals surface area (Å²) in [6.45, 7) is 1.82. The van der Waals surface area contributed by atoms with Gasteiger partial charge in [-0.1, -0.05) is 0 Å². The number of aliphatic hydroxyl groups excluding tert-OH is 1. The molecule has 0 saturated carbocycles. The zero-order valence-electron chi connectivity index (χ0n) is 7.48. The van der Waals surface area contributed by atoms with E-state index in [1.54, 1.807) is 0 Å². The normalized spacial score (nSPS) is 41.8. The Bertz CT molecular complexity index is 162. The molecule has 2 rings (SSSR count). The van der Waals surface area contributed by atoms with Crippen molar-refractivity contribution < 1.29 is 10.1 Å². The van der Waals surface area contributed by atoms with Crippen molar-refractivity contribution in [3.63, 3.8) is 0 Å². The zero-order valence-corrected chi connectivity index (χ0v) is 7.48. The van der Waals surface area contributed by atoms with Crippen LogP contribution in [0.3, 0.4) is 0 Å². The van der Waals surface area contributed by atoms with E-state index in [9.17, 15) is 10.1 Å². The van der Waals surface area contributed by atoms with Crippen molar-refractivity contribution >= 4 is 7.05 Å². The molecule has 0 radical (unpaired) electrons. The van der Waals surface area contributed by atoms with E-state index < -0.39 is 0 Å². The minimum absolute atomic E-state index is 0.127. The molecule has 2 saturated heterocycles. The maximum absolute atomic E-state index is 9.49. The van der Waals surface area contributed by atoms with Gasteiger partial charge in [0, 0.05) is 12.1 Å². The van der Waals surface area contributed by atoms with Gasteiger partial charge in [0.25, 0.3) is 0 Å². The summed E-state index contributed by atoms with van der Waals surface area (Å²) in [4.78, 5) is 2.16. The Kier molecular flexibility index (Phi) is 2.15. The van der Waals surface area contributed by atoms with Crippen LogP contribution in [-0.2, 0) is 0 Å². The highest BCUT2D eigenvalue weighted by Gasteiger charge is 2.42. The van der Waals surface area contributed by atoms with Crippen molar-refractivity contribution in [3.8, 4) is 0 Å². The highest BCUT2D eigenvalue weighted by molar-refractivity contribution is 6.45. The predicted molar refractivity (Wildman–Crippen MR) is 47.7 cm³/mol. The number of fused-ring (bicyclic) bond motifs is 2. The second-order valence-corrected chi connectivity index (χ2v) is 4.09. The average Bonchev–Trinajstić information content (AvgIpc) is 2.24. The van der Waals surface area contributed by atoms with Gasteiger partial charge in [-0.05, 0) is 32.5 Å². The van der Waals surface area contributed by atoms with Crippen molar-refractivity contribution in [1.82, 2.24) is 4.81 Å². The van der Waals surface area contributed by atoms with E-state index in [1.807, 2.05) is 6.82 Å². The van der Waals surface area contributed by atoms with Crippen LogP contribution in [0.5, 0.6) is 0 Å². The minimum Gasteiger partial charge on any atom is -0.437 e. The topological polar surface area (TPSA) is 43.7 Å². The number of piperidine rings is 1. The summed E-state index contributed by atoms with van der Waals surface area (Å²) in [6.07, 6.45) is 3.86. The largest absolute Gasteiger partial charge is 0.437 e. The molecular weight excluding hydrogens is 153 g/mol. The molecule has 2 aliphatic heterocycles. The van der Waals surface area contributed by atoms with Gasteiger partial charge >= 0.3 is 7.05 Å². The van der Waals surface area contributed by atoms with Crippen LogP contribution < -0.4 is 0 Å². The SMILES string of the molecule is CB(O)N1C2CC[C@@H]1C[C@H](O)C2. The first-order valence-electron chi connectivity index (χ1n) is 4.82. The number of hydrogen-bond acceptors (Lipinski definition) is 3. The van der Waals surface area contributed by atoms with Crippen LogP contribution in [-0.4, -0.2) is 40.2 Å². The monoisotopic (exact) mass is 169 g/mol. The molecule has 2 aliphatic rings. The summed E-state index contributed by atoms with van der Waals surface area (Å²) in [5.74, 6) is 0. The van der Waals surface area contributed by atoms with Crippen LogP contribution in [0.15, 0.2) is 0 Å². The third kappa shape index (κ3) is 1.28. The lowest BCUT2D eigenvalue weighted by molar-refractivity contribution is 0.0687. The van der Waals surface area contributed by atoms with Gasteiger partial charge in [-0.3, -0.25) is 0 Å². The highest BCUT2D eigenvalue weighted by atomic mass is 16.3. The number of rotatable bonds is 1. The Morgan fingerprint density at radius 3 is 2.17 bits per heavy atom. The summed E-state index contributed by atoms with van der Waals surface area (Å²) in [7, 11) is -0.338. The Morgan fingerprint density at radius 2 is 1.75 bits per heavy atom. The average molecular weight is 169 g/mol. The summed E-state index contributed by atoms with van der Waals surface area (Å²) < 4.78 is 0. The molecule has 0 aliphatic carbocycles. The summed E-state index contributed by atoms with van der Waals surface area (Å²) in [6, 6.07) is 0.859. The molecule has 1 unspecified atom stereocenters. The van der Waals surface area contributed by atoms with Crippen LogP contribution in [0.4, 0.5) is 0 Å². The van der Waals surface area contributed by atoms with E-state index in [2.05, 4.69) is 4.81 Å². The van der Waals surface area contributed by atoms with Gasteiger partial charge in [-0.2, -0.15) is 0 Å². The first kappa shape index (κ1) is 8.54. The van der Waals surface area contributed by atoms with Crippen LogP contribution in [0.1, 0.15) is 25.7 Å². The van der Waals surface area contributed by atoms with E-state index in [-0.39, 0.29) is 13.2 Å². The fourth-order valence-electron chi connectivity index (χ4n) is 2.79. The van der Waals surface area contributed by atoms with Gasteiger partial charge < -0.3 is 14.9 Å². The molecule has 4 heteroatoms. The maximum Gasteiger partial charge on any atom is 0.376 e. The van der Waals surface area contributed by atoms with Gasteiger partial charge in [0.05, 0.1) is 6.10 Å². The fraction of sp³-hybridized carbons (Fsp3) is 1.00. The Balaban J connectivity index is 2.09. The van der Waals surface area contributed by atoms with Gasteiger partial charge in [0.2, 0.25) is 0 Å². The van der Waals surface area contributed by atoms with Gasteiger partial charge in [0.1, 0.15) is 0 Å². The minimum atomic E-state index is -0.338. The Labute approximate surface area is 73.5 Å². The third-order valence-corrected chi connectivity index (χ3v) is 3.20. The zero-order chi connectivity index (χ0) is 8.72. The van der Waals surface area contributed by atoms with Crippen LogP contribution in [0, 0.1) is 0 Å². The molecule has 2 fully saturated rings. The lowest BCUT2D eigenvalue weighted by Crippen LogP contribution is -2.51. The summed E-state index contributed by atoms with van der Waals surface area (Å²) in [5.41, 5.74) is 0. The van der Waals surface area contributed by atoms with Crippen molar-refractivity contribution in [2.24, 2.45) is 0 Å². The van der Waals surface area contributed by atoms with Gasteiger partial charge in [-0.25, -0.2) is 0 Å². The molecule has 3 nitrogen and oxygen atoms in total. The third-order valence-electron chi connectivity index (χ3n) is 3.20. The van der Waals surface area contributed by atoms with Crippen molar-refractivity contribution in [1.29, 1.82) is 0 Å². The lowest BCUT2D eigenvalue weighted by Gasteiger charge is -2.37. The molecule has 0 aromatic heterocycles. The van der Waals surface area contributed by atoms with Crippen LogP contribution in [0.25, 0.3) is 0 Å². The van der Waals surface area contributed by atoms with Crippen LogP contribution in [0.2, 0.25) is 6.82 Å². The lowest BCUT2D eigenvalue weighted by atomic mass is 9.79. The molecule has 0 aromatic rings. The molecule has 68 valence electrons. The second-order valence-electron chi connectivity index (χ2n) is 4.09. The Hall–Kier alpha value is -0.0551. The predicted octanol–water partition coefficient (Wildman–Crippen LogP) is 0.0844. The summed E-state index contributed by atoms with van der Waals surface area (Å²) in [5, 5.41) is 19.0. The van der Waals surface area contributed by atoms with Gasteiger partial charge in [-0.15, -0.1) is 0 Å². The molecule has 2 N–H and O–H groups in total. The van der Waals surface area contributed by atoms with Crippen molar-refractivity contribution in [3.05, 3.63) is 0 Å². The number of nitrogens with zero attached hydrogens (tertiary/aromatic N) is 1. The summed E-state index contributed by atoms with van der Waals surface area (Å²) >= 11 is 0. The molecule has 0 spiro atoms. The van der Waals surface area contributed by atoms with Crippen molar-refractivity contribution in [2.75, 3.05) is 0 Å². The van der Waals surface area contributed by atoms with Crippen LogP contribution >= 0.6 is 0 Å². The van der Waals surface area contributed by atoms with E-state index in [1.165, 1.54) is 0 Å². The van der Waals surface area contributed by atoms with E-state index in [0.717, 1.165) is 25.7 Å². The fourth-order valence-corrected chi connectivity index (χ4v) is 2.79. The van der Waals surface area contributed by atoms with Gasteiger partial charge in [0.15, 0.2) is 0 Å². The number of aliphatic hydroxyl groups is 1. The highest BCUT2D eigenvalue weighted by Crippen LogP contribution is 2.35. The maximum atomic E-state index is 9.49. The molecule has 3 atom stereocenters. The van der Waals surface area contributed by atoms with E-state index >= 15 is 0 Å². The first-order valence-corrected chi connectivity index (χ1v) is 4.82. The molecule has 12 heavy (non-hydrogen) atoms. The van der Waals surface area contributed by atoms with E-state index in [4.69, 9.17) is 0 Å². The van der Waals surface area contributed by atoms with E-state index in [0.29, 0.717) is 12.1 Å². The quantitative estimate of drug-likeness (QED) is 0.546. The molecule has 2 heterocycles. The number of hydrogen-bond donors (Lipinski definition) is 2. The first-order chi connectivity index (χ1) is 5.68. The molecular formula is C8H16BNO2. The molecule has 2 bridgehead atoms. The standard InChI is InChI=1S/C8H16BNO2/c1-9(12)10-6-2-3-7(10)5-8(11)4-6/h6-8,11-12H,2-5H2,1H3/t6-,7?,8+/m1/s1. The molecule has 0 aromatic carbocycles. The Morgan fingerprint density at radius 1 is 1.25 bits per heavy atom. The molecule has 0 amide bonds. The van der Waals surface area contributed by atoms with Crippen molar-refractivity contribution in [2.45, 2.75) is 50.7 Å².